The van der Waals surface area contributed by atoms with Gasteiger partial charge >= 0.3 is 0 Å². The fourth-order valence-corrected chi connectivity index (χ4v) is 1.24. The van der Waals surface area contributed by atoms with Crippen LogP contribution < -0.4 is 11.1 Å². The van der Waals surface area contributed by atoms with Gasteiger partial charge in [0.1, 0.15) is 5.82 Å². The first-order valence-corrected chi connectivity index (χ1v) is 4.94. The average Bonchev–Trinajstić information content (AvgIpc) is 2.20. The summed E-state index contributed by atoms with van der Waals surface area (Å²) in [6.45, 7) is 3.36. The normalized spacial score (nSPS) is 10.3. The molecule has 0 spiro atoms. The molecule has 0 radical (unpaired) electrons. The number of nitrogens with one attached hydrogen (secondary N) is 1. The summed E-state index contributed by atoms with van der Waals surface area (Å²) in [5.74, 6) is -1.00. The number of primary amides is 1. The molecule has 15 heavy (non-hydrogen) atoms. The molecule has 0 aliphatic rings. The average molecular weight is 210 g/mol. The van der Waals surface area contributed by atoms with Crippen LogP contribution in [-0.2, 0) is 6.54 Å². The molecular formula is C11H15FN2O. The SMILES string of the molecule is CCCNCc1ccc(C(N)=O)cc1F. The van der Waals surface area contributed by atoms with Crippen LogP contribution >= 0.6 is 0 Å². The Morgan fingerprint density at radius 2 is 2.27 bits per heavy atom. The quantitative estimate of drug-likeness (QED) is 0.722. The molecule has 4 heteroatoms. The molecule has 1 aromatic rings. The Kier molecular flexibility index (Phi) is 4.24. The summed E-state index contributed by atoms with van der Waals surface area (Å²) in [6.07, 6.45) is 1.00. The van der Waals surface area contributed by atoms with E-state index >= 15 is 0 Å². The van der Waals surface area contributed by atoms with Crippen molar-refractivity contribution in [1.82, 2.24) is 5.32 Å². The van der Waals surface area contributed by atoms with E-state index in [1.807, 2.05) is 6.92 Å². The van der Waals surface area contributed by atoms with Gasteiger partial charge in [-0.3, -0.25) is 4.79 Å². The lowest BCUT2D eigenvalue weighted by atomic mass is 10.1. The predicted molar refractivity (Wildman–Crippen MR) is 56.9 cm³/mol. The smallest absolute Gasteiger partial charge is 0.248 e. The van der Waals surface area contributed by atoms with Crippen molar-refractivity contribution in [3.8, 4) is 0 Å². The monoisotopic (exact) mass is 210 g/mol. The third-order valence-corrected chi connectivity index (χ3v) is 2.08. The van der Waals surface area contributed by atoms with Crippen molar-refractivity contribution < 1.29 is 9.18 Å². The molecule has 3 nitrogen and oxygen atoms in total. The van der Waals surface area contributed by atoms with Gasteiger partial charge in [0.2, 0.25) is 5.91 Å². The van der Waals surface area contributed by atoms with E-state index in [0.29, 0.717) is 12.1 Å². The topological polar surface area (TPSA) is 55.1 Å². The minimum Gasteiger partial charge on any atom is -0.366 e. The molecule has 0 fully saturated rings. The van der Waals surface area contributed by atoms with E-state index in [2.05, 4.69) is 5.32 Å². The number of hydrogen-bond donors (Lipinski definition) is 2. The van der Waals surface area contributed by atoms with Crippen LogP contribution in [0.1, 0.15) is 29.3 Å². The fourth-order valence-electron chi connectivity index (χ4n) is 1.24. The zero-order valence-electron chi connectivity index (χ0n) is 8.72. The van der Waals surface area contributed by atoms with Crippen molar-refractivity contribution in [1.29, 1.82) is 0 Å². The summed E-state index contributed by atoms with van der Waals surface area (Å²) in [5, 5.41) is 3.08. The van der Waals surface area contributed by atoms with Crippen molar-refractivity contribution >= 4 is 5.91 Å². The number of halogens is 1. The van der Waals surface area contributed by atoms with E-state index in [1.165, 1.54) is 12.1 Å². The lowest BCUT2D eigenvalue weighted by molar-refractivity contribution is 0.1000. The number of carbonyl (C=O) groups excluding carboxylic acids is 1. The van der Waals surface area contributed by atoms with Crippen molar-refractivity contribution in [2.45, 2.75) is 19.9 Å². The van der Waals surface area contributed by atoms with Gasteiger partial charge in [-0.05, 0) is 25.1 Å². The first kappa shape index (κ1) is 11.7. The highest BCUT2D eigenvalue weighted by Gasteiger charge is 2.06. The number of hydrogen-bond acceptors (Lipinski definition) is 2. The highest BCUT2D eigenvalue weighted by atomic mass is 19.1. The molecule has 0 heterocycles. The molecule has 1 amide bonds. The Balaban J connectivity index is 2.70. The molecule has 0 atom stereocenters. The summed E-state index contributed by atoms with van der Waals surface area (Å²) < 4.78 is 13.4. The van der Waals surface area contributed by atoms with Crippen LogP contribution in [0.15, 0.2) is 18.2 Å². The van der Waals surface area contributed by atoms with Gasteiger partial charge in [-0.1, -0.05) is 13.0 Å². The summed E-state index contributed by atoms with van der Waals surface area (Å²) >= 11 is 0. The van der Waals surface area contributed by atoms with E-state index in [0.717, 1.165) is 13.0 Å². The number of carbonyl (C=O) groups is 1. The number of nitrogens with two attached hydrogens (primary N) is 1. The molecular weight excluding hydrogens is 195 g/mol. The fraction of sp³-hybridized carbons (Fsp3) is 0.364. The lowest BCUT2D eigenvalue weighted by Gasteiger charge is -2.05. The summed E-state index contributed by atoms with van der Waals surface area (Å²) in [7, 11) is 0. The van der Waals surface area contributed by atoms with Crippen LogP contribution in [0.25, 0.3) is 0 Å². The van der Waals surface area contributed by atoms with Gasteiger partial charge in [-0.2, -0.15) is 0 Å². The largest absolute Gasteiger partial charge is 0.366 e. The van der Waals surface area contributed by atoms with Crippen LogP contribution in [0, 0.1) is 5.82 Å². The maximum Gasteiger partial charge on any atom is 0.248 e. The van der Waals surface area contributed by atoms with E-state index in [9.17, 15) is 9.18 Å². The van der Waals surface area contributed by atoms with Crippen LogP contribution in [-0.4, -0.2) is 12.5 Å². The summed E-state index contributed by atoms with van der Waals surface area (Å²) in [4.78, 5) is 10.8. The van der Waals surface area contributed by atoms with Crippen molar-refractivity contribution in [3.63, 3.8) is 0 Å². The molecule has 0 saturated heterocycles. The highest BCUT2D eigenvalue weighted by Crippen LogP contribution is 2.09. The second-order valence-corrected chi connectivity index (χ2v) is 3.35. The van der Waals surface area contributed by atoms with Gasteiger partial charge in [0.15, 0.2) is 0 Å². The molecule has 0 aromatic heterocycles. The Bertz CT molecular complexity index is 352. The van der Waals surface area contributed by atoms with E-state index < -0.39 is 11.7 Å². The van der Waals surface area contributed by atoms with Crippen molar-refractivity contribution in [2.75, 3.05) is 6.54 Å². The zero-order chi connectivity index (χ0) is 11.3. The molecule has 0 aliphatic heterocycles. The number of benzene rings is 1. The second kappa shape index (κ2) is 5.46. The summed E-state index contributed by atoms with van der Waals surface area (Å²) in [5.41, 5.74) is 5.78. The first-order chi connectivity index (χ1) is 7.15. The van der Waals surface area contributed by atoms with E-state index in [-0.39, 0.29) is 5.56 Å². The molecule has 1 rings (SSSR count). The van der Waals surface area contributed by atoms with E-state index in [1.54, 1.807) is 6.07 Å². The molecule has 0 bridgehead atoms. The second-order valence-electron chi connectivity index (χ2n) is 3.35. The van der Waals surface area contributed by atoms with Gasteiger partial charge in [-0.15, -0.1) is 0 Å². The number of rotatable bonds is 5. The summed E-state index contributed by atoms with van der Waals surface area (Å²) in [6, 6.07) is 4.29. The van der Waals surface area contributed by atoms with Crippen LogP contribution in [0.3, 0.4) is 0 Å². The molecule has 1 aromatic carbocycles. The maximum atomic E-state index is 13.4. The Morgan fingerprint density at radius 3 is 2.80 bits per heavy atom. The standard InChI is InChI=1S/C11H15FN2O/c1-2-5-14-7-9-4-3-8(11(13)15)6-10(9)12/h3-4,6,14H,2,5,7H2,1H3,(H2,13,15). The maximum absolute atomic E-state index is 13.4. The number of amides is 1. The molecule has 0 saturated carbocycles. The molecule has 3 N–H and O–H groups in total. The van der Waals surface area contributed by atoms with Gasteiger partial charge in [0, 0.05) is 17.7 Å². The highest BCUT2D eigenvalue weighted by molar-refractivity contribution is 5.92. The lowest BCUT2D eigenvalue weighted by Crippen LogP contribution is -2.16. The third-order valence-electron chi connectivity index (χ3n) is 2.08. The van der Waals surface area contributed by atoms with Gasteiger partial charge in [-0.25, -0.2) is 4.39 Å². The Hall–Kier alpha value is -1.42. The molecule has 0 aliphatic carbocycles. The van der Waals surface area contributed by atoms with E-state index in [4.69, 9.17) is 5.73 Å². The van der Waals surface area contributed by atoms with Crippen molar-refractivity contribution in [3.05, 3.63) is 35.1 Å². The molecule has 82 valence electrons. The van der Waals surface area contributed by atoms with Crippen LogP contribution in [0.5, 0.6) is 0 Å². The van der Waals surface area contributed by atoms with Gasteiger partial charge in [0.25, 0.3) is 0 Å². The van der Waals surface area contributed by atoms with Gasteiger partial charge < -0.3 is 11.1 Å². The minimum absolute atomic E-state index is 0.201. The van der Waals surface area contributed by atoms with Crippen LogP contribution in [0.2, 0.25) is 0 Å². The van der Waals surface area contributed by atoms with Crippen molar-refractivity contribution in [2.24, 2.45) is 5.73 Å². The Morgan fingerprint density at radius 1 is 1.53 bits per heavy atom. The zero-order valence-corrected chi connectivity index (χ0v) is 8.72. The van der Waals surface area contributed by atoms with Crippen LogP contribution in [0.4, 0.5) is 4.39 Å². The predicted octanol–water partition coefficient (Wildman–Crippen LogP) is 1.42. The van der Waals surface area contributed by atoms with Gasteiger partial charge in [0.05, 0.1) is 0 Å². The third kappa shape index (κ3) is 3.32. The molecule has 0 unspecified atom stereocenters. The first-order valence-electron chi connectivity index (χ1n) is 4.94. The minimum atomic E-state index is -0.609. The Labute approximate surface area is 88.5 Å².